The van der Waals surface area contributed by atoms with Gasteiger partial charge in [0.15, 0.2) is 0 Å². The standard InChI is InChI=1S/C23H17F5N2O2/c1-14-12-16(25)8-11-20(14)32-13-22(31,23(26,27)28)21-18-4-2-3-5-19(18)30(29-21)17-9-6-15(24)7-10-17/h2-12,31H,13H2,1H3. The fourth-order valence-electron chi connectivity index (χ4n) is 3.39. The fraction of sp³-hybridized carbons (Fsp3) is 0.174. The van der Waals surface area contributed by atoms with E-state index in [0.717, 1.165) is 24.3 Å². The van der Waals surface area contributed by atoms with Crippen LogP contribution in [0.1, 0.15) is 11.3 Å². The molecule has 0 saturated heterocycles. The minimum Gasteiger partial charge on any atom is -0.489 e. The summed E-state index contributed by atoms with van der Waals surface area (Å²) >= 11 is 0. The lowest BCUT2D eigenvalue weighted by atomic mass is 9.97. The van der Waals surface area contributed by atoms with E-state index in [4.69, 9.17) is 4.74 Å². The number of hydrogen-bond acceptors (Lipinski definition) is 3. The molecule has 3 aromatic carbocycles. The van der Waals surface area contributed by atoms with Gasteiger partial charge in [-0.2, -0.15) is 18.3 Å². The maximum Gasteiger partial charge on any atom is 0.426 e. The summed E-state index contributed by atoms with van der Waals surface area (Å²) in [5.41, 5.74) is -3.26. The molecular weight excluding hydrogens is 431 g/mol. The summed E-state index contributed by atoms with van der Waals surface area (Å²) in [6.45, 7) is 0.275. The van der Waals surface area contributed by atoms with Crippen molar-refractivity contribution in [3.8, 4) is 11.4 Å². The van der Waals surface area contributed by atoms with Gasteiger partial charge in [-0.25, -0.2) is 13.5 Å². The summed E-state index contributed by atoms with van der Waals surface area (Å²) in [7, 11) is 0. The molecule has 0 aliphatic rings. The monoisotopic (exact) mass is 448 g/mol. The molecule has 4 aromatic rings. The summed E-state index contributed by atoms with van der Waals surface area (Å²) < 4.78 is 75.6. The maximum atomic E-state index is 14.2. The summed E-state index contributed by atoms with van der Waals surface area (Å²) in [6.07, 6.45) is -5.15. The molecule has 4 rings (SSSR count). The predicted octanol–water partition coefficient (Wildman–Crippen LogP) is 5.44. The largest absolute Gasteiger partial charge is 0.489 e. The van der Waals surface area contributed by atoms with Gasteiger partial charge in [0, 0.05) is 5.39 Å². The van der Waals surface area contributed by atoms with Crippen molar-refractivity contribution in [1.29, 1.82) is 0 Å². The summed E-state index contributed by atoms with van der Waals surface area (Å²) in [4.78, 5) is 0. The van der Waals surface area contributed by atoms with Gasteiger partial charge in [-0.05, 0) is 61.0 Å². The van der Waals surface area contributed by atoms with Gasteiger partial charge in [-0.1, -0.05) is 18.2 Å². The zero-order chi connectivity index (χ0) is 23.1. The first-order valence-corrected chi connectivity index (χ1v) is 9.52. The van der Waals surface area contributed by atoms with Crippen LogP contribution in [0.4, 0.5) is 22.0 Å². The first-order valence-electron chi connectivity index (χ1n) is 9.52. The number of aryl methyl sites for hydroxylation is 1. The Labute approximate surface area is 179 Å². The first-order chi connectivity index (χ1) is 15.1. The van der Waals surface area contributed by atoms with Crippen molar-refractivity contribution < 1.29 is 31.8 Å². The number of aromatic nitrogens is 2. The van der Waals surface area contributed by atoms with Crippen molar-refractivity contribution in [3.05, 3.63) is 89.6 Å². The highest BCUT2D eigenvalue weighted by molar-refractivity contribution is 5.84. The van der Waals surface area contributed by atoms with E-state index in [9.17, 15) is 27.1 Å². The van der Waals surface area contributed by atoms with Crippen LogP contribution in [-0.2, 0) is 5.60 Å². The van der Waals surface area contributed by atoms with Crippen molar-refractivity contribution in [2.75, 3.05) is 6.61 Å². The Morgan fingerprint density at radius 2 is 1.59 bits per heavy atom. The highest BCUT2D eigenvalue weighted by Crippen LogP contribution is 2.42. The minimum atomic E-state index is -5.15. The predicted molar refractivity (Wildman–Crippen MR) is 108 cm³/mol. The van der Waals surface area contributed by atoms with Crippen LogP contribution < -0.4 is 4.74 Å². The second-order valence-electron chi connectivity index (χ2n) is 7.31. The van der Waals surface area contributed by atoms with Crippen molar-refractivity contribution in [3.63, 3.8) is 0 Å². The van der Waals surface area contributed by atoms with Gasteiger partial charge in [0.05, 0.1) is 11.2 Å². The Balaban J connectivity index is 1.83. The Kier molecular flexibility index (Phi) is 5.37. The zero-order valence-corrected chi connectivity index (χ0v) is 16.7. The summed E-state index contributed by atoms with van der Waals surface area (Å²) in [5, 5.41) is 15.0. The van der Waals surface area contributed by atoms with Gasteiger partial charge >= 0.3 is 6.18 Å². The summed E-state index contributed by atoms with van der Waals surface area (Å²) in [5.74, 6) is -1.08. The van der Waals surface area contributed by atoms with Gasteiger partial charge in [-0.15, -0.1) is 0 Å². The number of ether oxygens (including phenoxy) is 1. The lowest BCUT2D eigenvalue weighted by molar-refractivity contribution is -0.276. The molecule has 1 atom stereocenters. The SMILES string of the molecule is Cc1cc(F)ccc1OCC(O)(c1nn(-c2ccc(F)cc2)c2ccccc12)C(F)(F)F. The Morgan fingerprint density at radius 3 is 2.25 bits per heavy atom. The third-order valence-electron chi connectivity index (χ3n) is 5.09. The van der Waals surface area contributed by atoms with Gasteiger partial charge < -0.3 is 9.84 Å². The van der Waals surface area contributed by atoms with E-state index in [0.29, 0.717) is 5.69 Å². The number of halogens is 5. The molecule has 0 aliphatic heterocycles. The lowest BCUT2D eigenvalue weighted by Gasteiger charge is -2.29. The van der Waals surface area contributed by atoms with E-state index in [1.54, 1.807) is 6.07 Å². The number of rotatable bonds is 5. The molecular formula is C23H17F5N2O2. The quantitative estimate of drug-likeness (QED) is 0.414. The number of fused-ring (bicyclic) bond motifs is 1. The minimum absolute atomic E-state index is 0.00338. The molecule has 1 N–H and O–H groups in total. The van der Waals surface area contributed by atoms with Crippen LogP contribution in [0.3, 0.4) is 0 Å². The van der Waals surface area contributed by atoms with E-state index < -0.39 is 35.7 Å². The number of benzene rings is 3. The van der Waals surface area contributed by atoms with Crippen molar-refractivity contribution in [1.82, 2.24) is 9.78 Å². The highest BCUT2D eigenvalue weighted by Gasteiger charge is 2.58. The second-order valence-corrected chi connectivity index (χ2v) is 7.31. The van der Waals surface area contributed by atoms with Gasteiger partial charge in [-0.3, -0.25) is 0 Å². The fourth-order valence-corrected chi connectivity index (χ4v) is 3.39. The van der Waals surface area contributed by atoms with Crippen molar-refractivity contribution >= 4 is 10.9 Å². The van der Waals surface area contributed by atoms with Gasteiger partial charge in [0.25, 0.3) is 0 Å². The van der Waals surface area contributed by atoms with Crippen LogP contribution in [-0.4, -0.2) is 27.7 Å². The molecule has 4 nitrogen and oxygen atoms in total. The molecule has 1 aromatic heterocycles. The van der Waals surface area contributed by atoms with E-state index in [1.807, 2.05) is 0 Å². The molecule has 0 fully saturated rings. The Morgan fingerprint density at radius 1 is 0.938 bits per heavy atom. The Hall–Kier alpha value is -3.46. The van der Waals surface area contributed by atoms with Crippen LogP contribution in [0.2, 0.25) is 0 Å². The lowest BCUT2D eigenvalue weighted by Crippen LogP contribution is -2.47. The topological polar surface area (TPSA) is 47.3 Å². The molecule has 0 amide bonds. The number of aliphatic hydroxyl groups is 1. The highest BCUT2D eigenvalue weighted by atomic mass is 19.4. The van der Waals surface area contributed by atoms with Gasteiger partial charge in [0.1, 0.15) is 29.7 Å². The van der Waals surface area contributed by atoms with E-state index in [1.165, 1.54) is 48.0 Å². The molecule has 32 heavy (non-hydrogen) atoms. The summed E-state index contributed by atoms with van der Waals surface area (Å²) in [6, 6.07) is 14.5. The number of nitrogens with zero attached hydrogens (tertiary/aromatic N) is 2. The van der Waals surface area contributed by atoms with Crippen molar-refractivity contribution in [2.45, 2.75) is 18.7 Å². The normalized spacial score (nSPS) is 13.8. The van der Waals surface area contributed by atoms with Crippen LogP contribution in [0.5, 0.6) is 5.75 Å². The molecule has 0 bridgehead atoms. The number of hydrogen-bond donors (Lipinski definition) is 1. The average molecular weight is 448 g/mol. The van der Waals surface area contributed by atoms with E-state index in [2.05, 4.69) is 5.10 Å². The maximum absolute atomic E-state index is 14.2. The number of para-hydroxylation sites is 1. The molecule has 0 spiro atoms. The molecule has 1 heterocycles. The molecule has 166 valence electrons. The third-order valence-corrected chi connectivity index (χ3v) is 5.09. The molecule has 9 heteroatoms. The van der Waals surface area contributed by atoms with Crippen LogP contribution in [0.15, 0.2) is 66.7 Å². The third kappa shape index (κ3) is 3.80. The zero-order valence-electron chi connectivity index (χ0n) is 16.7. The van der Waals surface area contributed by atoms with E-state index >= 15 is 0 Å². The smallest absolute Gasteiger partial charge is 0.426 e. The Bertz CT molecular complexity index is 1270. The number of alkyl halides is 3. The molecule has 1 unspecified atom stereocenters. The van der Waals surface area contributed by atoms with E-state index in [-0.39, 0.29) is 22.2 Å². The van der Waals surface area contributed by atoms with Gasteiger partial charge in [0.2, 0.25) is 5.60 Å². The molecule has 0 radical (unpaired) electrons. The molecule has 0 aliphatic carbocycles. The first kappa shape index (κ1) is 21.8. The van der Waals surface area contributed by atoms with Crippen LogP contribution in [0, 0.1) is 18.6 Å². The second kappa shape index (κ2) is 7.90. The van der Waals surface area contributed by atoms with Crippen LogP contribution in [0.25, 0.3) is 16.6 Å². The molecule has 0 saturated carbocycles. The average Bonchev–Trinajstić information content (AvgIpc) is 3.13. The van der Waals surface area contributed by atoms with Crippen LogP contribution >= 0.6 is 0 Å². The van der Waals surface area contributed by atoms with Crippen molar-refractivity contribution in [2.24, 2.45) is 0 Å².